The number of carbonyl (C=O) groups excluding carboxylic acids is 4. The van der Waals surface area contributed by atoms with Crippen LogP contribution in [0.25, 0.3) is 0 Å². The zero-order chi connectivity index (χ0) is 23.3. The minimum absolute atomic E-state index is 0.113. The fraction of sp³-hybridized carbons (Fsp3) is 0.304. The van der Waals surface area contributed by atoms with Crippen LogP contribution in [0.1, 0.15) is 43.0 Å². The molecule has 0 unspecified atom stereocenters. The van der Waals surface area contributed by atoms with Gasteiger partial charge in [0.25, 0.3) is 5.91 Å². The maximum absolute atomic E-state index is 12.0. The van der Waals surface area contributed by atoms with Crippen LogP contribution in [0, 0.1) is 0 Å². The summed E-state index contributed by atoms with van der Waals surface area (Å²) in [5.74, 6) is -1.99. The summed E-state index contributed by atoms with van der Waals surface area (Å²) in [4.78, 5) is 47.5. The van der Waals surface area contributed by atoms with Crippen molar-refractivity contribution in [2.45, 2.75) is 32.6 Å². The first kappa shape index (κ1) is 24.9. The van der Waals surface area contributed by atoms with Crippen LogP contribution in [-0.2, 0) is 23.9 Å². The number of esters is 2. The van der Waals surface area contributed by atoms with Crippen molar-refractivity contribution >= 4 is 46.7 Å². The lowest BCUT2D eigenvalue weighted by Gasteiger charge is -2.08. The number of anilines is 2. The van der Waals surface area contributed by atoms with Crippen molar-refractivity contribution in [1.29, 1.82) is 0 Å². The van der Waals surface area contributed by atoms with Gasteiger partial charge in [0.2, 0.25) is 5.91 Å². The van der Waals surface area contributed by atoms with Gasteiger partial charge in [0.15, 0.2) is 6.61 Å². The number of carbonyl (C=O) groups is 4. The first-order chi connectivity index (χ1) is 15.4. The van der Waals surface area contributed by atoms with Gasteiger partial charge in [-0.05, 0) is 55.0 Å². The molecule has 2 aromatic rings. The molecule has 0 saturated carbocycles. The number of rotatable bonds is 11. The summed E-state index contributed by atoms with van der Waals surface area (Å²) < 4.78 is 9.99. The van der Waals surface area contributed by atoms with Crippen LogP contribution >= 0.6 is 11.6 Å². The largest absolute Gasteiger partial charge is 0.462 e. The van der Waals surface area contributed by atoms with Gasteiger partial charge in [0.05, 0.1) is 18.6 Å². The second-order valence-electron chi connectivity index (χ2n) is 6.83. The molecule has 0 fully saturated rings. The normalized spacial score (nSPS) is 10.2. The quantitative estimate of drug-likeness (QED) is 0.384. The van der Waals surface area contributed by atoms with Crippen molar-refractivity contribution in [2.75, 3.05) is 23.8 Å². The number of unbranched alkanes of at least 4 members (excludes halogenated alkanes) is 1. The Labute approximate surface area is 191 Å². The number of nitrogens with one attached hydrogen (secondary N) is 2. The Hall–Kier alpha value is -3.39. The molecule has 170 valence electrons. The van der Waals surface area contributed by atoms with Crippen LogP contribution in [0.4, 0.5) is 11.4 Å². The van der Waals surface area contributed by atoms with E-state index in [2.05, 4.69) is 10.6 Å². The van der Waals surface area contributed by atoms with Crippen LogP contribution in [0.3, 0.4) is 0 Å². The Bertz CT molecular complexity index is 929. The van der Waals surface area contributed by atoms with Gasteiger partial charge in [-0.1, -0.05) is 24.9 Å². The topological polar surface area (TPSA) is 111 Å². The van der Waals surface area contributed by atoms with E-state index in [0.717, 1.165) is 12.8 Å². The number of halogens is 1. The number of ether oxygens (including phenoxy) is 2. The maximum atomic E-state index is 12.0. The zero-order valence-corrected chi connectivity index (χ0v) is 18.4. The van der Waals surface area contributed by atoms with Crippen LogP contribution in [0.15, 0.2) is 48.5 Å². The van der Waals surface area contributed by atoms with Crippen LogP contribution in [-0.4, -0.2) is 37.0 Å². The molecule has 9 heteroatoms. The molecule has 8 nitrogen and oxygen atoms in total. The molecule has 0 radical (unpaired) electrons. The van der Waals surface area contributed by atoms with Gasteiger partial charge < -0.3 is 20.1 Å². The summed E-state index contributed by atoms with van der Waals surface area (Å²) in [5, 5.41) is 5.73. The molecule has 2 rings (SSSR count). The first-order valence-electron chi connectivity index (χ1n) is 10.2. The number of hydrogen-bond donors (Lipinski definition) is 2. The number of amides is 2. The fourth-order valence-corrected chi connectivity index (χ4v) is 2.60. The van der Waals surface area contributed by atoms with Gasteiger partial charge in [-0.15, -0.1) is 0 Å². The Balaban J connectivity index is 1.67. The predicted octanol–water partition coefficient (Wildman–Crippen LogP) is 4.20. The van der Waals surface area contributed by atoms with Crippen molar-refractivity contribution in [3.8, 4) is 0 Å². The van der Waals surface area contributed by atoms with Crippen molar-refractivity contribution < 1.29 is 28.7 Å². The van der Waals surface area contributed by atoms with E-state index < -0.39 is 30.4 Å². The Morgan fingerprint density at radius 3 is 2.03 bits per heavy atom. The molecule has 0 heterocycles. The van der Waals surface area contributed by atoms with Gasteiger partial charge in [0, 0.05) is 22.8 Å². The molecule has 2 aromatic carbocycles. The molecule has 0 aromatic heterocycles. The summed E-state index contributed by atoms with van der Waals surface area (Å²) in [6, 6.07) is 12.7. The predicted molar refractivity (Wildman–Crippen MR) is 121 cm³/mol. The van der Waals surface area contributed by atoms with Gasteiger partial charge in [0.1, 0.15) is 0 Å². The Kier molecular flexibility index (Phi) is 10.2. The average Bonchev–Trinajstić information content (AvgIpc) is 2.78. The van der Waals surface area contributed by atoms with E-state index in [0.29, 0.717) is 28.6 Å². The van der Waals surface area contributed by atoms with Crippen LogP contribution < -0.4 is 10.6 Å². The third kappa shape index (κ3) is 9.18. The second kappa shape index (κ2) is 13.1. The molecule has 2 amide bonds. The van der Waals surface area contributed by atoms with E-state index in [9.17, 15) is 19.2 Å². The third-order valence-corrected chi connectivity index (χ3v) is 4.44. The molecular weight excluding hydrogens is 436 g/mol. The Morgan fingerprint density at radius 1 is 0.812 bits per heavy atom. The van der Waals surface area contributed by atoms with Crippen molar-refractivity contribution in [3.05, 3.63) is 59.1 Å². The SMILES string of the molecule is CCCCOC(=O)c1ccc(NC(=O)CCC(=O)OCC(=O)Nc2ccc(Cl)cc2)cc1. The highest BCUT2D eigenvalue weighted by Crippen LogP contribution is 2.14. The summed E-state index contributed by atoms with van der Waals surface area (Å²) in [5.41, 5.74) is 1.39. The van der Waals surface area contributed by atoms with Gasteiger partial charge in [-0.25, -0.2) is 4.79 Å². The van der Waals surface area contributed by atoms with E-state index in [-0.39, 0.29) is 12.8 Å². The monoisotopic (exact) mass is 460 g/mol. The molecule has 32 heavy (non-hydrogen) atoms. The smallest absolute Gasteiger partial charge is 0.338 e. The second-order valence-corrected chi connectivity index (χ2v) is 7.27. The molecule has 0 aliphatic heterocycles. The maximum Gasteiger partial charge on any atom is 0.338 e. The third-order valence-electron chi connectivity index (χ3n) is 4.18. The molecular formula is C23H25ClN2O6. The average molecular weight is 461 g/mol. The minimum Gasteiger partial charge on any atom is -0.462 e. The first-order valence-corrected chi connectivity index (χ1v) is 10.5. The zero-order valence-electron chi connectivity index (χ0n) is 17.7. The fourth-order valence-electron chi connectivity index (χ4n) is 2.47. The van der Waals surface area contributed by atoms with E-state index in [4.69, 9.17) is 21.1 Å². The highest BCUT2D eigenvalue weighted by atomic mass is 35.5. The van der Waals surface area contributed by atoms with E-state index in [1.54, 1.807) is 48.5 Å². The lowest BCUT2D eigenvalue weighted by molar-refractivity contribution is -0.147. The minimum atomic E-state index is -0.670. The van der Waals surface area contributed by atoms with Gasteiger partial charge in [-0.3, -0.25) is 14.4 Å². The molecule has 0 spiro atoms. The highest BCUT2D eigenvalue weighted by Gasteiger charge is 2.12. The lowest BCUT2D eigenvalue weighted by Crippen LogP contribution is -2.21. The summed E-state index contributed by atoms with van der Waals surface area (Å²) in [7, 11) is 0. The lowest BCUT2D eigenvalue weighted by atomic mass is 10.2. The molecule has 0 saturated heterocycles. The number of hydrogen-bond acceptors (Lipinski definition) is 6. The van der Waals surface area contributed by atoms with E-state index in [1.165, 1.54) is 0 Å². The molecule has 0 bridgehead atoms. The number of benzene rings is 2. The standard InChI is InChI=1S/C23H25ClN2O6/c1-2-3-14-31-23(30)16-4-8-18(9-5-16)25-20(27)12-13-22(29)32-15-21(28)26-19-10-6-17(24)7-11-19/h4-11H,2-3,12-15H2,1H3,(H,25,27)(H,26,28). The van der Waals surface area contributed by atoms with Crippen LogP contribution in [0.2, 0.25) is 5.02 Å². The highest BCUT2D eigenvalue weighted by molar-refractivity contribution is 6.30. The molecule has 0 aliphatic carbocycles. The molecule has 0 atom stereocenters. The summed E-state index contributed by atoms with van der Waals surface area (Å²) in [6.07, 6.45) is 1.44. The Morgan fingerprint density at radius 2 is 1.41 bits per heavy atom. The summed E-state index contributed by atoms with van der Waals surface area (Å²) >= 11 is 5.77. The van der Waals surface area contributed by atoms with E-state index >= 15 is 0 Å². The van der Waals surface area contributed by atoms with Crippen molar-refractivity contribution in [3.63, 3.8) is 0 Å². The molecule has 0 aliphatic rings. The van der Waals surface area contributed by atoms with Crippen molar-refractivity contribution in [2.24, 2.45) is 0 Å². The van der Waals surface area contributed by atoms with Gasteiger partial charge in [-0.2, -0.15) is 0 Å². The van der Waals surface area contributed by atoms with Crippen LogP contribution in [0.5, 0.6) is 0 Å². The van der Waals surface area contributed by atoms with Crippen molar-refractivity contribution in [1.82, 2.24) is 0 Å². The summed E-state index contributed by atoms with van der Waals surface area (Å²) in [6.45, 7) is 1.91. The molecule has 2 N–H and O–H groups in total. The van der Waals surface area contributed by atoms with E-state index in [1.807, 2.05) is 6.92 Å². The van der Waals surface area contributed by atoms with Gasteiger partial charge >= 0.3 is 11.9 Å².